The molecule has 60 valence electrons. The molecule has 0 aliphatic heterocycles. The lowest BCUT2D eigenvalue weighted by molar-refractivity contribution is 0.983. The standard InChI is InChI=1S/C8H12N2O/c1-5-3-7(4-9)8(11)10-6(5)2/h3H,4,9H2,1-2H3,(H,10,11). The number of hydrogen-bond donors (Lipinski definition) is 2. The summed E-state index contributed by atoms with van der Waals surface area (Å²) in [7, 11) is 0. The van der Waals surface area contributed by atoms with Crippen LogP contribution in [0.4, 0.5) is 0 Å². The molecule has 0 radical (unpaired) electrons. The Labute approximate surface area is 65.2 Å². The summed E-state index contributed by atoms with van der Waals surface area (Å²) in [6.07, 6.45) is 0. The minimum Gasteiger partial charge on any atom is -0.326 e. The van der Waals surface area contributed by atoms with E-state index in [1.54, 1.807) is 0 Å². The fourth-order valence-corrected chi connectivity index (χ4v) is 0.936. The van der Waals surface area contributed by atoms with Gasteiger partial charge in [-0.1, -0.05) is 0 Å². The molecule has 0 aliphatic carbocycles. The van der Waals surface area contributed by atoms with Gasteiger partial charge in [0.05, 0.1) is 0 Å². The maximum atomic E-state index is 11.1. The molecule has 0 atom stereocenters. The van der Waals surface area contributed by atoms with Gasteiger partial charge in [0.1, 0.15) is 0 Å². The molecule has 3 nitrogen and oxygen atoms in total. The van der Waals surface area contributed by atoms with Crippen LogP contribution in [0.1, 0.15) is 16.8 Å². The molecule has 0 fully saturated rings. The highest BCUT2D eigenvalue weighted by Crippen LogP contribution is 2.00. The van der Waals surface area contributed by atoms with E-state index < -0.39 is 0 Å². The average Bonchev–Trinajstić information content (AvgIpc) is 1.97. The summed E-state index contributed by atoms with van der Waals surface area (Å²) in [5.41, 5.74) is 7.91. The predicted octanol–water partition coefficient (Wildman–Crippen LogP) is 0.450. The summed E-state index contributed by atoms with van der Waals surface area (Å²) in [5.74, 6) is 0. The van der Waals surface area contributed by atoms with Gasteiger partial charge in [0, 0.05) is 17.8 Å². The second-order valence-corrected chi connectivity index (χ2v) is 2.64. The Morgan fingerprint density at radius 3 is 2.73 bits per heavy atom. The molecule has 0 aliphatic rings. The molecule has 3 heteroatoms. The van der Waals surface area contributed by atoms with Crippen molar-refractivity contribution in [3.05, 3.63) is 33.2 Å². The fraction of sp³-hybridized carbons (Fsp3) is 0.375. The molecule has 1 rings (SSSR count). The largest absolute Gasteiger partial charge is 0.326 e. The van der Waals surface area contributed by atoms with Crippen molar-refractivity contribution in [1.29, 1.82) is 0 Å². The Hall–Kier alpha value is -1.09. The first kappa shape index (κ1) is 8.01. The number of aromatic amines is 1. The zero-order valence-corrected chi connectivity index (χ0v) is 6.77. The molecule has 1 heterocycles. The maximum absolute atomic E-state index is 11.1. The van der Waals surface area contributed by atoms with Crippen molar-refractivity contribution < 1.29 is 0 Å². The van der Waals surface area contributed by atoms with E-state index in [0.29, 0.717) is 12.1 Å². The highest BCUT2D eigenvalue weighted by Gasteiger charge is 1.99. The van der Waals surface area contributed by atoms with E-state index in [0.717, 1.165) is 11.3 Å². The van der Waals surface area contributed by atoms with Crippen LogP contribution in [0.2, 0.25) is 0 Å². The van der Waals surface area contributed by atoms with Crippen LogP contribution >= 0.6 is 0 Å². The smallest absolute Gasteiger partial charge is 0.252 e. The summed E-state index contributed by atoms with van der Waals surface area (Å²) < 4.78 is 0. The van der Waals surface area contributed by atoms with E-state index in [2.05, 4.69) is 4.98 Å². The summed E-state index contributed by atoms with van der Waals surface area (Å²) >= 11 is 0. The van der Waals surface area contributed by atoms with Crippen molar-refractivity contribution >= 4 is 0 Å². The molecular weight excluding hydrogens is 140 g/mol. The van der Waals surface area contributed by atoms with Gasteiger partial charge in [0.15, 0.2) is 0 Å². The van der Waals surface area contributed by atoms with Crippen molar-refractivity contribution in [3.8, 4) is 0 Å². The summed E-state index contributed by atoms with van der Waals surface area (Å²) in [6, 6.07) is 1.83. The molecule has 0 bridgehead atoms. The maximum Gasteiger partial charge on any atom is 0.252 e. The number of nitrogens with one attached hydrogen (secondary N) is 1. The topological polar surface area (TPSA) is 58.9 Å². The van der Waals surface area contributed by atoms with Gasteiger partial charge in [-0.05, 0) is 25.5 Å². The molecule has 0 aromatic carbocycles. The van der Waals surface area contributed by atoms with Crippen LogP contribution in [-0.4, -0.2) is 4.98 Å². The number of rotatable bonds is 1. The van der Waals surface area contributed by atoms with Gasteiger partial charge >= 0.3 is 0 Å². The molecule has 1 aromatic heterocycles. The third-order valence-corrected chi connectivity index (χ3v) is 1.79. The third kappa shape index (κ3) is 1.49. The lowest BCUT2D eigenvalue weighted by Gasteiger charge is -2.01. The Morgan fingerprint density at radius 1 is 1.55 bits per heavy atom. The minimum atomic E-state index is -0.0735. The van der Waals surface area contributed by atoms with E-state index in [1.165, 1.54) is 0 Å². The van der Waals surface area contributed by atoms with E-state index in [1.807, 2.05) is 19.9 Å². The first-order valence-electron chi connectivity index (χ1n) is 3.54. The molecule has 11 heavy (non-hydrogen) atoms. The first-order chi connectivity index (χ1) is 5.15. The Bertz CT molecular complexity index is 314. The number of pyridine rings is 1. The lowest BCUT2D eigenvalue weighted by atomic mass is 10.1. The van der Waals surface area contributed by atoms with Gasteiger partial charge in [-0.15, -0.1) is 0 Å². The quantitative estimate of drug-likeness (QED) is 0.613. The fourth-order valence-electron chi connectivity index (χ4n) is 0.936. The molecule has 0 saturated heterocycles. The molecule has 1 aromatic rings. The van der Waals surface area contributed by atoms with Crippen LogP contribution in [0, 0.1) is 13.8 Å². The number of aromatic nitrogens is 1. The number of hydrogen-bond acceptors (Lipinski definition) is 2. The van der Waals surface area contributed by atoms with Gasteiger partial charge in [-0.3, -0.25) is 4.79 Å². The molecule has 0 spiro atoms. The monoisotopic (exact) mass is 152 g/mol. The number of nitrogens with two attached hydrogens (primary N) is 1. The summed E-state index contributed by atoms with van der Waals surface area (Å²) in [6.45, 7) is 4.12. The lowest BCUT2D eigenvalue weighted by Crippen LogP contribution is -2.17. The molecule has 0 amide bonds. The van der Waals surface area contributed by atoms with E-state index in [4.69, 9.17) is 5.73 Å². The highest BCUT2D eigenvalue weighted by atomic mass is 16.1. The van der Waals surface area contributed by atoms with Crippen LogP contribution < -0.4 is 11.3 Å². The average molecular weight is 152 g/mol. The van der Waals surface area contributed by atoms with Gasteiger partial charge in [-0.2, -0.15) is 0 Å². The second kappa shape index (κ2) is 2.88. The van der Waals surface area contributed by atoms with Crippen molar-refractivity contribution in [2.45, 2.75) is 20.4 Å². The van der Waals surface area contributed by atoms with Gasteiger partial charge in [-0.25, -0.2) is 0 Å². The van der Waals surface area contributed by atoms with E-state index in [-0.39, 0.29) is 5.56 Å². The summed E-state index contributed by atoms with van der Waals surface area (Å²) in [4.78, 5) is 13.8. The molecule has 3 N–H and O–H groups in total. The highest BCUT2D eigenvalue weighted by molar-refractivity contribution is 5.22. The normalized spacial score (nSPS) is 10.1. The molecular formula is C8H12N2O. The van der Waals surface area contributed by atoms with Crippen molar-refractivity contribution in [2.24, 2.45) is 5.73 Å². The van der Waals surface area contributed by atoms with Crippen LogP contribution in [-0.2, 0) is 6.54 Å². The van der Waals surface area contributed by atoms with Gasteiger partial charge in [0.2, 0.25) is 0 Å². The molecule has 0 saturated carbocycles. The Kier molecular flexibility index (Phi) is 2.10. The third-order valence-electron chi connectivity index (χ3n) is 1.79. The van der Waals surface area contributed by atoms with E-state index >= 15 is 0 Å². The zero-order chi connectivity index (χ0) is 8.43. The van der Waals surface area contributed by atoms with Crippen LogP contribution in [0.5, 0.6) is 0 Å². The van der Waals surface area contributed by atoms with Crippen molar-refractivity contribution in [1.82, 2.24) is 4.98 Å². The van der Waals surface area contributed by atoms with Gasteiger partial charge in [0.25, 0.3) is 5.56 Å². The Balaban J connectivity index is 3.32. The van der Waals surface area contributed by atoms with Crippen LogP contribution in [0.3, 0.4) is 0 Å². The summed E-state index contributed by atoms with van der Waals surface area (Å²) in [5, 5.41) is 0. The van der Waals surface area contributed by atoms with Crippen LogP contribution in [0.15, 0.2) is 10.9 Å². The zero-order valence-electron chi connectivity index (χ0n) is 6.77. The molecule has 0 unspecified atom stereocenters. The minimum absolute atomic E-state index is 0.0735. The van der Waals surface area contributed by atoms with Crippen molar-refractivity contribution in [3.63, 3.8) is 0 Å². The van der Waals surface area contributed by atoms with Crippen LogP contribution in [0.25, 0.3) is 0 Å². The Morgan fingerprint density at radius 2 is 2.18 bits per heavy atom. The van der Waals surface area contributed by atoms with E-state index in [9.17, 15) is 4.79 Å². The first-order valence-corrected chi connectivity index (χ1v) is 3.54. The predicted molar refractivity (Wildman–Crippen MR) is 44.4 cm³/mol. The van der Waals surface area contributed by atoms with Crippen molar-refractivity contribution in [2.75, 3.05) is 0 Å². The SMILES string of the molecule is Cc1cc(CN)c(=O)[nH]c1C. The number of H-pyrrole nitrogens is 1. The second-order valence-electron chi connectivity index (χ2n) is 2.64. The number of aryl methyl sites for hydroxylation is 2. The van der Waals surface area contributed by atoms with Gasteiger partial charge < -0.3 is 10.7 Å².